The Balaban J connectivity index is 1.39. The molecule has 1 aromatic carbocycles. The van der Waals surface area contributed by atoms with E-state index in [0.717, 1.165) is 39.0 Å². The Hall–Kier alpha value is -2.32. The van der Waals surface area contributed by atoms with Gasteiger partial charge in [-0.25, -0.2) is 4.39 Å². The Labute approximate surface area is 157 Å². The van der Waals surface area contributed by atoms with Crippen molar-refractivity contribution in [3.63, 3.8) is 0 Å². The Morgan fingerprint density at radius 3 is 2.81 bits per heavy atom. The molecule has 2 fully saturated rings. The van der Waals surface area contributed by atoms with Crippen molar-refractivity contribution < 1.29 is 18.3 Å². The summed E-state index contributed by atoms with van der Waals surface area (Å²) in [5.41, 5.74) is 0.360. The van der Waals surface area contributed by atoms with Gasteiger partial charge in [0.05, 0.1) is 18.8 Å². The summed E-state index contributed by atoms with van der Waals surface area (Å²) in [5, 5.41) is 8.15. The van der Waals surface area contributed by atoms with Gasteiger partial charge in [0.15, 0.2) is 0 Å². The second kappa shape index (κ2) is 7.36. The van der Waals surface area contributed by atoms with Gasteiger partial charge in [0.25, 0.3) is 0 Å². The van der Waals surface area contributed by atoms with Crippen LogP contribution in [0.1, 0.15) is 25.7 Å². The van der Waals surface area contributed by atoms with Gasteiger partial charge in [0.2, 0.25) is 17.7 Å². The van der Waals surface area contributed by atoms with Crippen LogP contribution in [-0.2, 0) is 16.1 Å². The third kappa shape index (κ3) is 4.01. The maximum absolute atomic E-state index is 13.4. The standard InChI is InChI=1S/C19H23FN4O3/c1-14(25)24-7-5-19(6-8-24)13-23(9-10-26-19)12-17-21-22-18(27-17)15-3-2-4-16(20)11-15/h2-4,11H,5-10,12-13H2,1H3. The highest BCUT2D eigenvalue weighted by molar-refractivity contribution is 5.73. The van der Waals surface area contributed by atoms with Crippen molar-refractivity contribution in [2.75, 3.05) is 32.8 Å². The average Bonchev–Trinajstić information content (AvgIpc) is 3.11. The molecule has 3 heterocycles. The second-order valence-corrected chi connectivity index (χ2v) is 7.26. The van der Waals surface area contributed by atoms with E-state index >= 15 is 0 Å². The molecule has 2 aromatic rings. The van der Waals surface area contributed by atoms with Crippen LogP contribution in [0.4, 0.5) is 4.39 Å². The third-order valence-electron chi connectivity index (χ3n) is 5.34. The summed E-state index contributed by atoms with van der Waals surface area (Å²) in [6, 6.07) is 6.12. The van der Waals surface area contributed by atoms with Crippen molar-refractivity contribution in [1.82, 2.24) is 20.0 Å². The van der Waals surface area contributed by atoms with Crippen LogP contribution in [-0.4, -0.2) is 64.3 Å². The van der Waals surface area contributed by atoms with Gasteiger partial charge in [-0.3, -0.25) is 9.69 Å². The van der Waals surface area contributed by atoms with Gasteiger partial charge in [0.1, 0.15) is 5.82 Å². The number of halogens is 1. The topological polar surface area (TPSA) is 71.7 Å². The van der Waals surface area contributed by atoms with Crippen LogP contribution >= 0.6 is 0 Å². The molecule has 1 spiro atoms. The van der Waals surface area contributed by atoms with E-state index in [1.807, 2.05) is 4.90 Å². The molecule has 2 saturated heterocycles. The Morgan fingerprint density at radius 1 is 1.26 bits per heavy atom. The summed E-state index contributed by atoms with van der Waals surface area (Å²) in [5.74, 6) is 0.613. The van der Waals surface area contributed by atoms with Crippen LogP contribution in [0.25, 0.3) is 11.5 Å². The number of carbonyl (C=O) groups is 1. The number of morpholine rings is 1. The molecule has 0 atom stereocenters. The molecule has 4 rings (SSSR count). The lowest BCUT2D eigenvalue weighted by atomic mass is 9.89. The fraction of sp³-hybridized carbons (Fsp3) is 0.526. The molecule has 0 aliphatic carbocycles. The number of nitrogens with zero attached hydrogens (tertiary/aromatic N) is 4. The van der Waals surface area contributed by atoms with Gasteiger partial charge >= 0.3 is 0 Å². The highest BCUT2D eigenvalue weighted by Gasteiger charge is 2.40. The highest BCUT2D eigenvalue weighted by atomic mass is 19.1. The van der Waals surface area contributed by atoms with E-state index in [4.69, 9.17) is 9.15 Å². The highest BCUT2D eigenvalue weighted by Crippen LogP contribution is 2.31. The number of ether oxygens (including phenoxy) is 1. The minimum atomic E-state index is -0.334. The zero-order chi connectivity index (χ0) is 18.9. The molecule has 27 heavy (non-hydrogen) atoms. The van der Waals surface area contributed by atoms with E-state index in [9.17, 15) is 9.18 Å². The maximum Gasteiger partial charge on any atom is 0.247 e. The predicted octanol–water partition coefficient (Wildman–Crippen LogP) is 2.09. The molecular formula is C19H23FN4O3. The first-order valence-corrected chi connectivity index (χ1v) is 9.23. The molecular weight excluding hydrogens is 351 g/mol. The van der Waals surface area contributed by atoms with Gasteiger partial charge in [-0.15, -0.1) is 10.2 Å². The molecule has 2 aliphatic rings. The number of hydrogen-bond donors (Lipinski definition) is 0. The molecule has 0 bridgehead atoms. The van der Waals surface area contributed by atoms with E-state index in [1.165, 1.54) is 12.1 Å². The van der Waals surface area contributed by atoms with E-state index in [2.05, 4.69) is 15.1 Å². The number of benzene rings is 1. The van der Waals surface area contributed by atoms with Crippen molar-refractivity contribution >= 4 is 5.91 Å². The first-order chi connectivity index (χ1) is 13.0. The summed E-state index contributed by atoms with van der Waals surface area (Å²) >= 11 is 0. The number of hydrogen-bond acceptors (Lipinski definition) is 6. The summed E-state index contributed by atoms with van der Waals surface area (Å²) in [4.78, 5) is 15.7. The van der Waals surface area contributed by atoms with Crippen LogP contribution in [0.5, 0.6) is 0 Å². The smallest absolute Gasteiger partial charge is 0.247 e. The quantitative estimate of drug-likeness (QED) is 0.819. The number of aromatic nitrogens is 2. The van der Waals surface area contributed by atoms with Gasteiger partial charge < -0.3 is 14.1 Å². The summed E-state index contributed by atoms with van der Waals surface area (Å²) in [6.45, 7) is 5.81. The van der Waals surface area contributed by atoms with E-state index in [-0.39, 0.29) is 17.3 Å². The largest absolute Gasteiger partial charge is 0.419 e. The summed E-state index contributed by atoms with van der Waals surface area (Å²) in [6.07, 6.45) is 1.67. The molecule has 0 radical (unpaired) electrons. The van der Waals surface area contributed by atoms with E-state index in [1.54, 1.807) is 19.1 Å². The maximum atomic E-state index is 13.4. The molecule has 0 N–H and O–H groups in total. The zero-order valence-electron chi connectivity index (χ0n) is 15.4. The van der Waals surface area contributed by atoms with Crippen LogP contribution in [0.15, 0.2) is 28.7 Å². The summed E-state index contributed by atoms with van der Waals surface area (Å²) in [7, 11) is 0. The van der Waals surface area contributed by atoms with Crippen molar-refractivity contribution in [2.24, 2.45) is 0 Å². The molecule has 1 amide bonds. The van der Waals surface area contributed by atoms with Crippen molar-refractivity contribution in [3.8, 4) is 11.5 Å². The Kier molecular flexibility index (Phi) is 4.92. The van der Waals surface area contributed by atoms with Crippen LogP contribution in [0.3, 0.4) is 0 Å². The zero-order valence-corrected chi connectivity index (χ0v) is 15.4. The molecule has 0 unspecified atom stereocenters. The van der Waals surface area contributed by atoms with Gasteiger partial charge in [0, 0.05) is 38.7 Å². The third-order valence-corrected chi connectivity index (χ3v) is 5.34. The van der Waals surface area contributed by atoms with Gasteiger partial charge in [-0.2, -0.15) is 0 Å². The predicted molar refractivity (Wildman–Crippen MR) is 95.1 cm³/mol. The number of piperidine rings is 1. The number of carbonyl (C=O) groups excluding carboxylic acids is 1. The van der Waals surface area contributed by atoms with Crippen LogP contribution in [0, 0.1) is 5.82 Å². The fourth-order valence-corrected chi connectivity index (χ4v) is 3.84. The average molecular weight is 374 g/mol. The summed E-state index contributed by atoms with van der Waals surface area (Å²) < 4.78 is 25.2. The first kappa shape index (κ1) is 18.1. The Morgan fingerprint density at radius 2 is 2.07 bits per heavy atom. The first-order valence-electron chi connectivity index (χ1n) is 9.23. The molecule has 2 aliphatic heterocycles. The molecule has 1 aromatic heterocycles. The fourth-order valence-electron chi connectivity index (χ4n) is 3.84. The minimum absolute atomic E-state index is 0.119. The molecule has 7 nitrogen and oxygen atoms in total. The Bertz CT molecular complexity index is 817. The van der Waals surface area contributed by atoms with Crippen LogP contribution < -0.4 is 0 Å². The van der Waals surface area contributed by atoms with Crippen molar-refractivity contribution in [3.05, 3.63) is 36.0 Å². The van der Waals surface area contributed by atoms with Crippen LogP contribution in [0.2, 0.25) is 0 Å². The lowest BCUT2D eigenvalue weighted by Crippen LogP contribution is -2.57. The van der Waals surface area contributed by atoms with Crippen molar-refractivity contribution in [1.29, 1.82) is 0 Å². The number of likely N-dealkylation sites (tertiary alicyclic amines) is 1. The number of rotatable bonds is 3. The van der Waals surface area contributed by atoms with E-state index < -0.39 is 0 Å². The second-order valence-electron chi connectivity index (χ2n) is 7.26. The van der Waals surface area contributed by atoms with Gasteiger partial charge in [-0.1, -0.05) is 6.07 Å². The number of amides is 1. The van der Waals surface area contributed by atoms with Gasteiger partial charge in [-0.05, 0) is 31.0 Å². The van der Waals surface area contributed by atoms with E-state index in [0.29, 0.717) is 30.5 Å². The minimum Gasteiger partial charge on any atom is -0.419 e. The lowest BCUT2D eigenvalue weighted by Gasteiger charge is -2.47. The lowest BCUT2D eigenvalue weighted by molar-refractivity contribution is -0.150. The molecule has 8 heteroatoms. The SMILES string of the molecule is CC(=O)N1CCC2(CC1)CN(Cc1nnc(-c3cccc(F)c3)o1)CCO2. The molecule has 0 saturated carbocycles. The monoisotopic (exact) mass is 374 g/mol. The van der Waals surface area contributed by atoms with Crippen molar-refractivity contribution in [2.45, 2.75) is 31.9 Å². The normalized spacial score (nSPS) is 20.1. The molecule has 144 valence electrons.